The molecule has 4 aliphatic heterocycles. The van der Waals surface area contributed by atoms with Crippen LogP contribution in [0.4, 0.5) is 9.18 Å². The number of likely N-dealkylation sites (tertiary alicyclic amines) is 2. The summed E-state index contributed by atoms with van der Waals surface area (Å²) in [6.45, 7) is 19.4. The second-order valence-electron chi connectivity index (χ2n) is 23.5. The van der Waals surface area contributed by atoms with Crippen molar-refractivity contribution in [1.82, 2.24) is 35.1 Å². The van der Waals surface area contributed by atoms with Crippen molar-refractivity contribution in [2.75, 3.05) is 39.3 Å². The summed E-state index contributed by atoms with van der Waals surface area (Å²) < 4.78 is 29.4. The predicted octanol–water partition coefficient (Wildman–Crippen LogP) is 9.52. The maximum Gasteiger partial charge on any atom is 0.410 e. The van der Waals surface area contributed by atoms with E-state index in [1.807, 2.05) is 50.1 Å². The van der Waals surface area contributed by atoms with Gasteiger partial charge in [-0.3, -0.25) is 29.3 Å². The second-order valence-corrected chi connectivity index (χ2v) is 23.5. The zero-order chi connectivity index (χ0) is 50.4. The minimum Gasteiger partial charge on any atom is -0.464 e. The largest absolute Gasteiger partial charge is 0.464 e. The van der Waals surface area contributed by atoms with Crippen LogP contribution in [-0.4, -0.2) is 111 Å². The maximum absolute atomic E-state index is 15.2. The van der Waals surface area contributed by atoms with Crippen LogP contribution < -0.4 is 10.7 Å². The molecule has 13 nitrogen and oxygen atoms in total. The van der Waals surface area contributed by atoms with E-state index < -0.39 is 41.8 Å². The van der Waals surface area contributed by atoms with E-state index in [9.17, 15) is 9.59 Å². The van der Waals surface area contributed by atoms with Crippen LogP contribution in [0.3, 0.4) is 0 Å². The van der Waals surface area contributed by atoms with Gasteiger partial charge in [-0.1, -0.05) is 58.7 Å². The lowest BCUT2D eigenvalue weighted by molar-refractivity contribution is -0.155. The molecule has 3 saturated heterocycles. The Kier molecular flexibility index (Phi) is 14.5. The number of nitrogens with zero attached hydrogens (tertiary/aromatic N) is 5. The Morgan fingerprint density at radius 3 is 2.48 bits per heavy atom. The first kappa shape index (κ1) is 50.6. The summed E-state index contributed by atoms with van der Waals surface area (Å²) in [5, 5.41) is 5.85. The number of hydrazine groups is 1. The third kappa shape index (κ3) is 10.8. The molecule has 4 atom stereocenters. The van der Waals surface area contributed by atoms with Crippen LogP contribution in [0, 0.1) is 16.7 Å². The van der Waals surface area contributed by atoms with Gasteiger partial charge in [0.1, 0.15) is 24.4 Å². The number of esters is 1. The topological polar surface area (TPSA) is 138 Å². The normalized spacial score (nSPS) is 23.9. The molecule has 9 rings (SSSR count). The number of aromatic nitrogens is 2. The average molecular weight is 974 g/mol. The smallest absolute Gasteiger partial charge is 0.410 e. The van der Waals surface area contributed by atoms with Crippen LogP contribution >= 0.6 is 0 Å². The first-order chi connectivity index (χ1) is 33.8. The van der Waals surface area contributed by atoms with E-state index in [4.69, 9.17) is 14.5 Å². The van der Waals surface area contributed by atoms with Crippen LogP contribution in [0.2, 0.25) is 0 Å². The summed E-state index contributed by atoms with van der Waals surface area (Å²) in [7, 11) is 0. The lowest BCUT2D eigenvalue weighted by Gasteiger charge is -2.37. The number of carbonyl (C=O) groups is 4. The first-order valence-corrected chi connectivity index (χ1v) is 26.4. The SMILES string of the molecule is CCn1c(-c2cccnc2C(C)C)c2c3cc(ccc31)-c1cc(CF)cc(c1)C[C@H](NC(=O)[C@H](C1CCCC1)N1CC[C@]3(CCN(C(=O)OC(C)(C)C)C3)C1)C(=O)N1CCC[C@H](N1)C(=O)OCC(C)(C)C2. The van der Waals surface area contributed by atoms with Gasteiger partial charge in [-0.25, -0.2) is 14.6 Å². The molecule has 6 bridgehead atoms. The molecule has 71 heavy (non-hydrogen) atoms. The Morgan fingerprint density at radius 1 is 0.972 bits per heavy atom. The third-order valence-electron chi connectivity index (χ3n) is 15.8. The lowest BCUT2D eigenvalue weighted by Crippen LogP contribution is -2.62. The number of cyclic esters (lactones) is 1. The molecule has 1 aliphatic carbocycles. The highest BCUT2D eigenvalue weighted by atomic mass is 19.1. The molecule has 4 aromatic rings. The molecular weight excluding hydrogens is 898 g/mol. The van der Waals surface area contributed by atoms with Gasteiger partial charge in [0.2, 0.25) is 5.91 Å². The molecule has 0 unspecified atom stereocenters. The van der Waals surface area contributed by atoms with Crippen molar-refractivity contribution < 1.29 is 33.0 Å². The number of ether oxygens (including phenoxy) is 2. The van der Waals surface area contributed by atoms with Crippen LogP contribution in [0.15, 0.2) is 54.7 Å². The molecular formula is C57H76FN7O6. The van der Waals surface area contributed by atoms with Crippen molar-refractivity contribution in [3.8, 4) is 22.4 Å². The van der Waals surface area contributed by atoms with Crippen LogP contribution in [0.5, 0.6) is 0 Å². The average Bonchev–Trinajstić information content (AvgIpc) is 4.17. The molecule has 6 heterocycles. The molecule has 1 saturated carbocycles. The Bertz CT molecular complexity index is 2650. The van der Waals surface area contributed by atoms with Gasteiger partial charge < -0.3 is 24.3 Å². The molecule has 2 aromatic heterocycles. The number of benzene rings is 2. The number of halogens is 1. The Balaban J connectivity index is 1.09. The fourth-order valence-corrected chi connectivity index (χ4v) is 12.4. The standard InChI is InChI=1S/C57H76FN7O6/c1-9-64-47-19-18-40-30-43(47)44(50(64)42-16-12-22-59-48(42)36(2)3)31-56(7,8)35-70-53(68)45-17-13-23-65(61-45)52(67)46(29-37-26-38(32-58)28-41(40)27-37)60-51(66)49(39-14-10-11-15-39)62-24-20-57(33-62)21-25-63(34-57)54(69)71-55(4,5)6/h12,16,18-19,22,26-28,30,36,39,45-46,49,61H,9-11,13-15,17,20-21,23-25,29,31-35H2,1-8H3,(H,60,66)/t45-,46-,49-,57-/m0/s1. The number of aryl methyl sites for hydroxylation is 1. The molecule has 382 valence electrons. The van der Waals surface area contributed by atoms with Gasteiger partial charge in [0.25, 0.3) is 5.91 Å². The predicted molar refractivity (Wildman–Crippen MR) is 274 cm³/mol. The highest BCUT2D eigenvalue weighted by molar-refractivity contribution is 5.96. The lowest BCUT2D eigenvalue weighted by atomic mass is 9.83. The van der Waals surface area contributed by atoms with Crippen LogP contribution in [0.25, 0.3) is 33.3 Å². The molecule has 14 heteroatoms. The summed E-state index contributed by atoms with van der Waals surface area (Å²) in [6.07, 6.45) is 8.90. The van der Waals surface area contributed by atoms with E-state index in [0.717, 1.165) is 88.6 Å². The van der Waals surface area contributed by atoms with Crippen molar-refractivity contribution in [2.24, 2.45) is 16.7 Å². The molecule has 5 aliphatic rings. The number of fused-ring (bicyclic) bond motifs is 6. The number of rotatable bonds is 8. The molecule has 1 spiro atoms. The number of amides is 3. The molecule has 3 amide bonds. The van der Waals surface area contributed by atoms with Crippen molar-refractivity contribution >= 4 is 34.8 Å². The molecule has 4 fully saturated rings. The highest BCUT2D eigenvalue weighted by Gasteiger charge is 2.50. The fraction of sp³-hybridized carbons (Fsp3) is 0.596. The van der Waals surface area contributed by atoms with E-state index in [2.05, 4.69) is 79.1 Å². The van der Waals surface area contributed by atoms with Gasteiger partial charge in [0, 0.05) is 72.6 Å². The van der Waals surface area contributed by atoms with Gasteiger partial charge in [-0.2, -0.15) is 0 Å². The van der Waals surface area contributed by atoms with Gasteiger partial charge in [-0.15, -0.1) is 0 Å². The van der Waals surface area contributed by atoms with Gasteiger partial charge in [0.15, 0.2) is 0 Å². The van der Waals surface area contributed by atoms with E-state index >= 15 is 14.0 Å². The van der Waals surface area contributed by atoms with E-state index in [-0.39, 0.29) is 48.2 Å². The van der Waals surface area contributed by atoms with Crippen LogP contribution in [0.1, 0.15) is 135 Å². The Labute approximate surface area is 419 Å². The number of hydrogen-bond donors (Lipinski definition) is 2. The maximum atomic E-state index is 15.2. The number of alkyl halides is 1. The molecule has 0 radical (unpaired) electrons. The van der Waals surface area contributed by atoms with Gasteiger partial charge in [-0.05, 0) is 149 Å². The van der Waals surface area contributed by atoms with E-state index in [0.29, 0.717) is 64.1 Å². The Hall–Kier alpha value is -5.34. The van der Waals surface area contributed by atoms with Gasteiger partial charge in [0.05, 0.1) is 24.0 Å². The third-order valence-corrected chi connectivity index (χ3v) is 15.8. The highest BCUT2D eigenvalue weighted by Crippen LogP contribution is 2.44. The summed E-state index contributed by atoms with van der Waals surface area (Å²) in [4.78, 5) is 66.5. The van der Waals surface area contributed by atoms with Crippen LogP contribution in [-0.2, 0) is 49.9 Å². The van der Waals surface area contributed by atoms with Gasteiger partial charge >= 0.3 is 12.1 Å². The number of carbonyl (C=O) groups excluding carboxylic acids is 4. The summed E-state index contributed by atoms with van der Waals surface area (Å²) in [6, 6.07) is 14.1. The summed E-state index contributed by atoms with van der Waals surface area (Å²) in [5.74, 6) is -0.693. The van der Waals surface area contributed by atoms with Crippen molar-refractivity contribution in [3.05, 3.63) is 77.1 Å². The Morgan fingerprint density at radius 2 is 1.75 bits per heavy atom. The zero-order valence-electron chi connectivity index (χ0n) is 43.4. The zero-order valence-corrected chi connectivity index (χ0v) is 43.4. The monoisotopic (exact) mass is 974 g/mol. The minimum atomic E-state index is -1.02. The molecule has 2 aromatic carbocycles. The first-order valence-electron chi connectivity index (χ1n) is 26.4. The number of pyridine rings is 1. The summed E-state index contributed by atoms with van der Waals surface area (Å²) in [5.41, 5.74) is 10.3. The summed E-state index contributed by atoms with van der Waals surface area (Å²) >= 11 is 0. The van der Waals surface area contributed by atoms with Crippen molar-refractivity contribution in [2.45, 2.75) is 162 Å². The fourth-order valence-electron chi connectivity index (χ4n) is 12.4. The second kappa shape index (κ2) is 20.3. The van der Waals surface area contributed by atoms with E-state index in [1.165, 1.54) is 5.01 Å². The minimum absolute atomic E-state index is 0.110. The van der Waals surface area contributed by atoms with Crippen molar-refractivity contribution in [3.63, 3.8) is 0 Å². The number of nitrogens with one attached hydrogen (secondary N) is 2. The molecule has 2 N–H and O–H groups in total. The van der Waals surface area contributed by atoms with Crippen molar-refractivity contribution in [1.29, 1.82) is 0 Å². The number of hydrogen-bond acceptors (Lipinski definition) is 9. The quantitative estimate of drug-likeness (QED) is 0.166. The van der Waals surface area contributed by atoms with E-state index in [1.54, 1.807) is 6.07 Å².